The molecule has 164 valence electrons. The van der Waals surface area contributed by atoms with Crippen LogP contribution in [0, 0.1) is 0 Å². The smallest absolute Gasteiger partial charge is 0.276 e. The van der Waals surface area contributed by atoms with Crippen LogP contribution < -0.4 is 5.32 Å². The summed E-state index contributed by atoms with van der Waals surface area (Å²) in [6.45, 7) is 9.01. The van der Waals surface area contributed by atoms with Crippen LogP contribution in [0.4, 0.5) is 5.13 Å². The lowest BCUT2D eigenvalue weighted by molar-refractivity contribution is 0.0658. The predicted octanol–water partition coefficient (Wildman–Crippen LogP) is 3.54. The van der Waals surface area contributed by atoms with E-state index in [1.54, 1.807) is 28.9 Å². The summed E-state index contributed by atoms with van der Waals surface area (Å²) in [4.78, 5) is 34.5. The largest absolute Gasteiger partial charge is 0.335 e. The highest BCUT2D eigenvalue weighted by molar-refractivity contribution is 7.22. The van der Waals surface area contributed by atoms with E-state index < -0.39 is 0 Å². The lowest BCUT2D eigenvalue weighted by Crippen LogP contribution is -2.47. The summed E-state index contributed by atoms with van der Waals surface area (Å²) in [5, 5.41) is 8.37. The molecule has 4 rings (SSSR count). The maximum absolute atomic E-state index is 13.3. The molecule has 3 heterocycles. The number of nitrogens with one attached hydrogen (secondary N) is 1. The Morgan fingerprint density at radius 2 is 1.87 bits per heavy atom. The van der Waals surface area contributed by atoms with Gasteiger partial charge >= 0.3 is 0 Å². The Balaban J connectivity index is 1.68. The van der Waals surface area contributed by atoms with Gasteiger partial charge in [0.2, 0.25) is 0 Å². The Morgan fingerprint density at radius 3 is 2.52 bits per heavy atom. The molecule has 31 heavy (non-hydrogen) atoms. The number of likely N-dealkylation sites (N-methyl/N-ethyl adjacent to an activating group) is 1. The molecule has 3 aromatic rings. The average Bonchev–Trinajstić information content (AvgIpc) is 3.26. The fourth-order valence-corrected chi connectivity index (χ4v) is 4.53. The Bertz CT molecular complexity index is 1140. The highest BCUT2D eigenvalue weighted by Gasteiger charge is 2.30. The van der Waals surface area contributed by atoms with E-state index in [2.05, 4.69) is 20.3 Å². The van der Waals surface area contributed by atoms with E-state index in [4.69, 9.17) is 11.6 Å². The molecule has 1 N–H and O–H groups in total. The number of aromatic nitrogens is 3. The third-order valence-electron chi connectivity index (χ3n) is 5.16. The minimum Gasteiger partial charge on any atom is -0.335 e. The van der Waals surface area contributed by atoms with Crippen LogP contribution in [0.1, 0.15) is 41.6 Å². The van der Waals surface area contributed by atoms with Gasteiger partial charge in [-0.15, -0.1) is 0 Å². The summed E-state index contributed by atoms with van der Waals surface area (Å²) in [6.07, 6.45) is 0. The summed E-state index contributed by atoms with van der Waals surface area (Å²) in [6, 6.07) is 6.72. The summed E-state index contributed by atoms with van der Waals surface area (Å²) >= 11 is 7.26. The van der Waals surface area contributed by atoms with Gasteiger partial charge in [-0.25, -0.2) is 4.68 Å². The highest BCUT2D eigenvalue weighted by Crippen LogP contribution is 2.33. The second kappa shape index (κ2) is 8.22. The van der Waals surface area contributed by atoms with Crippen LogP contribution in [-0.4, -0.2) is 69.6 Å². The Kier molecular flexibility index (Phi) is 5.76. The number of fused-ring (bicyclic) bond motifs is 1. The molecule has 0 aliphatic carbocycles. The van der Waals surface area contributed by atoms with E-state index in [9.17, 15) is 9.59 Å². The average molecular weight is 461 g/mol. The van der Waals surface area contributed by atoms with E-state index in [0.29, 0.717) is 44.8 Å². The molecule has 0 unspecified atom stereocenters. The maximum Gasteiger partial charge on any atom is 0.276 e. The standard InChI is InChI=1S/C21H25ClN6O2S/c1-21(2,3)28-17-16(15(25-28)19(30)27-10-8-26(4)9-11-27)31-20(23-17)24-18(29)13-6-5-7-14(22)12-13/h5-7,12H,8-11H2,1-4H3,(H,23,24,29). The SMILES string of the molecule is CN1CCN(C(=O)c2nn(C(C)(C)C)c3nc(NC(=O)c4cccc(Cl)c4)sc23)CC1. The third kappa shape index (κ3) is 4.44. The van der Waals surface area contributed by atoms with Crippen LogP contribution in [-0.2, 0) is 5.54 Å². The van der Waals surface area contributed by atoms with E-state index in [0.717, 1.165) is 13.1 Å². The van der Waals surface area contributed by atoms with Gasteiger partial charge in [-0.2, -0.15) is 10.1 Å². The summed E-state index contributed by atoms with van der Waals surface area (Å²) < 4.78 is 2.44. The van der Waals surface area contributed by atoms with Crippen molar-refractivity contribution in [3.63, 3.8) is 0 Å². The first-order chi connectivity index (χ1) is 14.6. The number of nitrogens with zero attached hydrogens (tertiary/aromatic N) is 5. The van der Waals surface area contributed by atoms with Crippen LogP contribution in [0.3, 0.4) is 0 Å². The van der Waals surface area contributed by atoms with Gasteiger partial charge in [-0.3, -0.25) is 14.9 Å². The number of carbonyl (C=O) groups excluding carboxylic acids is 2. The first kappa shape index (κ1) is 21.7. The van der Waals surface area contributed by atoms with Gasteiger partial charge in [0, 0.05) is 36.8 Å². The highest BCUT2D eigenvalue weighted by atomic mass is 35.5. The van der Waals surface area contributed by atoms with Crippen molar-refractivity contribution >= 4 is 50.2 Å². The van der Waals surface area contributed by atoms with Crippen molar-refractivity contribution < 1.29 is 9.59 Å². The number of piperazine rings is 1. The number of anilines is 1. The lowest BCUT2D eigenvalue weighted by Gasteiger charge is -2.32. The number of hydrogen-bond acceptors (Lipinski definition) is 6. The van der Waals surface area contributed by atoms with Gasteiger partial charge in [-0.1, -0.05) is 29.0 Å². The van der Waals surface area contributed by atoms with E-state index in [1.807, 2.05) is 32.7 Å². The summed E-state index contributed by atoms with van der Waals surface area (Å²) in [7, 11) is 2.05. The zero-order valence-electron chi connectivity index (χ0n) is 18.0. The fraction of sp³-hybridized carbons (Fsp3) is 0.429. The molecule has 1 aromatic carbocycles. The quantitative estimate of drug-likeness (QED) is 0.646. The summed E-state index contributed by atoms with van der Waals surface area (Å²) in [5.41, 5.74) is 1.05. The molecule has 0 spiro atoms. The fourth-order valence-electron chi connectivity index (χ4n) is 3.42. The lowest BCUT2D eigenvalue weighted by atomic mass is 10.1. The molecule has 1 saturated heterocycles. The molecule has 1 fully saturated rings. The molecular weight excluding hydrogens is 436 g/mol. The van der Waals surface area contributed by atoms with Crippen LogP contribution in [0.15, 0.2) is 24.3 Å². The number of amides is 2. The van der Waals surface area contributed by atoms with Crippen molar-refractivity contribution in [2.45, 2.75) is 26.3 Å². The number of halogens is 1. The first-order valence-corrected chi connectivity index (χ1v) is 11.3. The van der Waals surface area contributed by atoms with Crippen molar-refractivity contribution in [1.29, 1.82) is 0 Å². The van der Waals surface area contributed by atoms with Crippen LogP contribution in [0.5, 0.6) is 0 Å². The topological polar surface area (TPSA) is 83.4 Å². The Labute approximate surface area is 189 Å². The van der Waals surface area contributed by atoms with Gasteiger partial charge in [-0.05, 0) is 46.0 Å². The Morgan fingerprint density at radius 1 is 1.16 bits per heavy atom. The second-order valence-corrected chi connectivity index (χ2v) is 10.1. The van der Waals surface area contributed by atoms with Crippen LogP contribution >= 0.6 is 22.9 Å². The molecule has 1 aliphatic rings. The number of carbonyl (C=O) groups is 2. The van der Waals surface area contributed by atoms with Crippen LogP contribution in [0.2, 0.25) is 5.02 Å². The van der Waals surface area contributed by atoms with Gasteiger partial charge in [0.05, 0.1) is 5.54 Å². The molecule has 0 saturated carbocycles. The molecule has 10 heteroatoms. The molecule has 2 aromatic heterocycles. The minimum atomic E-state index is -0.374. The monoisotopic (exact) mass is 460 g/mol. The number of benzene rings is 1. The van der Waals surface area contributed by atoms with Crippen molar-refractivity contribution in [1.82, 2.24) is 24.6 Å². The molecular formula is C21H25ClN6O2S. The maximum atomic E-state index is 13.3. The van der Waals surface area contributed by atoms with Crippen LogP contribution in [0.25, 0.3) is 10.3 Å². The van der Waals surface area contributed by atoms with Gasteiger partial charge in [0.25, 0.3) is 11.8 Å². The molecule has 0 atom stereocenters. The molecule has 0 radical (unpaired) electrons. The molecule has 1 aliphatic heterocycles. The van der Waals surface area contributed by atoms with E-state index in [-0.39, 0.29) is 17.4 Å². The van der Waals surface area contributed by atoms with E-state index >= 15 is 0 Å². The zero-order valence-corrected chi connectivity index (χ0v) is 19.5. The van der Waals surface area contributed by atoms with Gasteiger partial charge < -0.3 is 9.80 Å². The van der Waals surface area contributed by atoms with Crippen molar-refractivity contribution in [2.24, 2.45) is 0 Å². The number of thiazole rings is 1. The first-order valence-electron chi connectivity index (χ1n) is 10.1. The molecule has 2 amide bonds. The third-order valence-corrected chi connectivity index (χ3v) is 6.36. The van der Waals surface area contributed by atoms with Gasteiger partial charge in [0.15, 0.2) is 16.5 Å². The second-order valence-electron chi connectivity index (χ2n) is 8.66. The number of hydrogen-bond donors (Lipinski definition) is 1. The number of rotatable bonds is 3. The van der Waals surface area contributed by atoms with Crippen molar-refractivity contribution in [3.8, 4) is 0 Å². The van der Waals surface area contributed by atoms with Crippen molar-refractivity contribution in [3.05, 3.63) is 40.5 Å². The molecule has 8 nitrogen and oxygen atoms in total. The normalized spacial score (nSPS) is 15.5. The molecule has 0 bridgehead atoms. The van der Waals surface area contributed by atoms with Gasteiger partial charge in [0.1, 0.15) is 4.70 Å². The predicted molar refractivity (Wildman–Crippen MR) is 123 cm³/mol. The van der Waals surface area contributed by atoms with E-state index in [1.165, 1.54) is 11.3 Å². The van der Waals surface area contributed by atoms with Crippen molar-refractivity contribution in [2.75, 3.05) is 38.5 Å². The summed E-state index contributed by atoms with van der Waals surface area (Å²) in [5.74, 6) is -0.404. The Hall–Kier alpha value is -2.49. The minimum absolute atomic E-state index is 0.0996. The zero-order chi connectivity index (χ0) is 22.3.